The number of hydrogen-bond donors (Lipinski definition) is 8. The van der Waals surface area contributed by atoms with Gasteiger partial charge in [-0.3, -0.25) is 28.8 Å². The molecular formula is C20H34N6O9. The van der Waals surface area contributed by atoms with E-state index in [2.05, 4.69) is 16.0 Å². The van der Waals surface area contributed by atoms with Crippen LogP contribution in [0.3, 0.4) is 0 Å². The van der Waals surface area contributed by atoms with Crippen molar-refractivity contribution < 1.29 is 43.8 Å². The van der Waals surface area contributed by atoms with Crippen molar-refractivity contribution in [3.63, 3.8) is 0 Å². The molecule has 0 rings (SSSR count). The predicted molar refractivity (Wildman–Crippen MR) is 120 cm³/mol. The van der Waals surface area contributed by atoms with Gasteiger partial charge in [0.1, 0.15) is 18.1 Å². The normalized spacial score (nSPS) is 14.9. The summed E-state index contributed by atoms with van der Waals surface area (Å²) in [5.41, 5.74) is 15.8. The largest absolute Gasteiger partial charge is 0.481 e. The van der Waals surface area contributed by atoms with Crippen molar-refractivity contribution in [2.45, 2.75) is 76.5 Å². The molecule has 0 aromatic carbocycles. The molecule has 35 heavy (non-hydrogen) atoms. The fourth-order valence-electron chi connectivity index (χ4n) is 2.86. The highest BCUT2D eigenvalue weighted by Crippen LogP contribution is 2.10. The van der Waals surface area contributed by atoms with Gasteiger partial charge < -0.3 is 43.4 Å². The number of carboxylic acid groups (broad SMARTS) is 2. The Bertz CT molecular complexity index is 819. The molecule has 0 heterocycles. The SMILES string of the molecule is CCC(C)C(NC(=O)C(CCC(=O)O)NC(=O)C(CC(N)=O)NC(=O)C(N)CCC(N)=O)C(=O)O. The Morgan fingerprint density at radius 3 is 1.77 bits per heavy atom. The van der Waals surface area contributed by atoms with Gasteiger partial charge in [0.2, 0.25) is 29.5 Å². The molecule has 5 atom stereocenters. The minimum absolute atomic E-state index is 0.137. The van der Waals surface area contributed by atoms with Crippen LogP contribution in [0, 0.1) is 5.92 Å². The summed E-state index contributed by atoms with van der Waals surface area (Å²) in [5, 5.41) is 25.1. The maximum Gasteiger partial charge on any atom is 0.326 e. The molecule has 5 amide bonds. The van der Waals surface area contributed by atoms with Crippen LogP contribution in [0.4, 0.5) is 0 Å². The summed E-state index contributed by atoms with van der Waals surface area (Å²) in [6, 6.07) is -5.63. The summed E-state index contributed by atoms with van der Waals surface area (Å²) < 4.78 is 0. The summed E-state index contributed by atoms with van der Waals surface area (Å²) in [4.78, 5) is 82.6. The summed E-state index contributed by atoms with van der Waals surface area (Å²) in [7, 11) is 0. The Kier molecular flexibility index (Phi) is 13.6. The first-order valence-electron chi connectivity index (χ1n) is 10.9. The maximum atomic E-state index is 12.8. The molecule has 0 fully saturated rings. The van der Waals surface area contributed by atoms with E-state index in [-0.39, 0.29) is 12.8 Å². The predicted octanol–water partition coefficient (Wildman–Crippen LogP) is -3.10. The van der Waals surface area contributed by atoms with Gasteiger partial charge in [0.05, 0.1) is 12.5 Å². The first kappa shape index (κ1) is 31.2. The van der Waals surface area contributed by atoms with E-state index < -0.39 is 90.8 Å². The Labute approximate surface area is 201 Å². The standard InChI is InChI=1S/C20H34N6O9/c1-3-9(2)16(20(34)35)26-18(32)11(5-7-15(29)30)24-19(33)12(8-14(23)28)25-17(31)10(21)4-6-13(22)27/h9-12,16H,3-8,21H2,1-2H3,(H2,22,27)(H2,23,28)(H,24,33)(H,25,31)(H,26,32)(H,29,30)(H,34,35). The molecule has 0 aliphatic heterocycles. The van der Waals surface area contributed by atoms with Crippen molar-refractivity contribution >= 4 is 41.5 Å². The number of primary amides is 2. The monoisotopic (exact) mass is 502 g/mol. The van der Waals surface area contributed by atoms with Crippen LogP contribution < -0.4 is 33.2 Å². The van der Waals surface area contributed by atoms with Crippen LogP contribution in [0.15, 0.2) is 0 Å². The topological polar surface area (TPSA) is 274 Å². The van der Waals surface area contributed by atoms with E-state index in [1.165, 1.54) is 0 Å². The van der Waals surface area contributed by atoms with Crippen molar-refractivity contribution in [3.8, 4) is 0 Å². The first-order valence-corrected chi connectivity index (χ1v) is 10.9. The summed E-state index contributed by atoms with van der Waals surface area (Å²) in [5.74, 6) is -7.68. The van der Waals surface area contributed by atoms with Crippen molar-refractivity contribution in [2.24, 2.45) is 23.1 Å². The van der Waals surface area contributed by atoms with Gasteiger partial charge in [-0.2, -0.15) is 0 Å². The molecular weight excluding hydrogens is 468 g/mol. The molecule has 198 valence electrons. The zero-order valence-electron chi connectivity index (χ0n) is 19.6. The van der Waals surface area contributed by atoms with E-state index in [0.717, 1.165) is 0 Å². The molecule has 0 radical (unpaired) electrons. The van der Waals surface area contributed by atoms with Gasteiger partial charge in [0.15, 0.2) is 0 Å². The average Bonchev–Trinajstić information content (AvgIpc) is 2.76. The van der Waals surface area contributed by atoms with Gasteiger partial charge in [0, 0.05) is 12.8 Å². The molecule has 0 bridgehead atoms. The number of rotatable bonds is 17. The van der Waals surface area contributed by atoms with Crippen molar-refractivity contribution in [1.29, 1.82) is 0 Å². The molecule has 0 spiro atoms. The fraction of sp³-hybridized carbons (Fsp3) is 0.650. The lowest BCUT2D eigenvalue weighted by atomic mass is 9.98. The average molecular weight is 503 g/mol. The lowest BCUT2D eigenvalue weighted by molar-refractivity contribution is -0.144. The molecule has 5 unspecified atom stereocenters. The number of nitrogens with one attached hydrogen (secondary N) is 3. The molecule has 0 aromatic rings. The number of nitrogens with two attached hydrogens (primary N) is 3. The Morgan fingerprint density at radius 2 is 1.31 bits per heavy atom. The van der Waals surface area contributed by atoms with E-state index in [4.69, 9.17) is 22.3 Å². The van der Waals surface area contributed by atoms with Gasteiger partial charge in [0.25, 0.3) is 0 Å². The highest BCUT2D eigenvalue weighted by Gasteiger charge is 2.32. The van der Waals surface area contributed by atoms with Crippen LogP contribution in [0.2, 0.25) is 0 Å². The molecule has 0 aliphatic rings. The van der Waals surface area contributed by atoms with E-state index in [1.54, 1.807) is 13.8 Å². The number of aliphatic carboxylic acids is 2. The molecule has 0 saturated carbocycles. The number of carbonyl (C=O) groups is 7. The molecule has 15 heteroatoms. The van der Waals surface area contributed by atoms with Crippen LogP contribution >= 0.6 is 0 Å². The Hall–Kier alpha value is -3.75. The molecule has 0 aliphatic carbocycles. The van der Waals surface area contributed by atoms with Crippen LogP contribution in [0.1, 0.15) is 52.4 Å². The van der Waals surface area contributed by atoms with E-state index in [9.17, 15) is 38.7 Å². The molecule has 11 N–H and O–H groups in total. The summed E-state index contributed by atoms with van der Waals surface area (Å²) in [6.07, 6.45) is -1.58. The fourth-order valence-corrected chi connectivity index (χ4v) is 2.86. The summed E-state index contributed by atoms with van der Waals surface area (Å²) in [6.45, 7) is 3.30. The zero-order chi connectivity index (χ0) is 27.3. The van der Waals surface area contributed by atoms with Gasteiger partial charge in [-0.1, -0.05) is 20.3 Å². The van der Waals surface area contributed by atoms with E-state index in [0.29, 0.717) is 6.42 Å². The van der Waals surface area contributed by atoms with Crippen LogP contribution in [0.5, 0.6) is 0 Å². The highest BCUT2D eigenvalue weighted by atomic mass is 16.4. The van der Waals surface area contributed by atoms with Crippen molar-refractivity contribution in [3.05, 3.63) is 0 Å². The van der Waals surface area contributed by atoms with Gasteiger partial charge in [-0.25, -0.2) is 4.79 Å². The lowest BCUT2D eigenvalue weighted by Gasteiger charge is -2.26. The quantitative estimate of drug-likeness (QED) is 0.0991. The lowest BCUT2D eigenvalue weighted by Crippen LogP contribution is -2.58. The molecule has 0 aromatic heterocycles. The van der Waals surface area contributed by atoms with Crippen molar-refractivity contribution in [1.82, 2.24) is 16.0 Å². The number of amides is 5. The van der Waals surface area contributed by atoms with Crippen LogP contribution in [0.25, 0.3) is 0 Å². The third kappa shape index (κ3) is 12.3. The Balaban J connectivity index is 5.62. The van der Waals surface area contributed by atoms with Gasteiger partial charge in [-0.05, 0) is 18.8 Å². The second kappa shape index (κ2) is 15.2. The summed E-state index contributed by atoms with van der Waals surface area (Å²) >= 11 is 0. The van der Waals surface area contributed by atoms with Gasteiger partial charge >= 0.3 is 11.9 Å². The number of hydrogen-bond acceptors (Lipinski definition) is 8. The zero-order valence-corrected chi connectivity index (χ0v) is 19.6. The number of carbonyl (C=O) groups excluding carboxylic acids is 5. The molecule has 0 saturated heterocycles. The van der Waals surface area contributed by atoms with Crippen LogP contribution in [-0.4, -0.2) is 75.9 Å². The van der Waals surface area contributed by atoms with Gasteiger partial charge in [-0.15, -0.1) is 0 Å². The smallest absolute Gasteiger partial charge is 0.326 e. The highest BCUT2D eigenvalue weighted by molar-refractivity contribution is 5.96. The Morgan fingerprint density at radius 1 is 0.771 bits per heavy atom. The van der Waals surface area contributed by atoms with Crippen LogP contribution in [-0.2, 0) is 33.6 Å². The first-order chi connectivity index (χ1) is 16.2. The second-order valence-corrected chi connectivity index (χ2v) is 8.05. The number of carboxylic acids is 2. The third-order valence-corrected chi connectivity index (χ3v) is 5.13. The van der Waals surface area contributed by atoms with E-state index >= 15 is 0 Å². The third-order valence-electron chi connectivity index (χ3n) is 5.13. The van der Waals surface area contributed by atoms with E-state index in [1.807, 2.05) is 0 Å². The second-order valence-electron chi connectivity index (χ2n) is 8.05. The van der Waals surface area contributed by atoms with Crippen molar-refractivity contribution in [2.75, 3.05) is 0 Å². The molecule has 15 nitrogen and oxygen atoms in total. The maximum absolute atomic E-state index is 12.8. The minimum Gasteiger partial charge on any atom is -0.481 e. The minimum atomic E-state index is -1.58.